The number of hydrogen-bond donors (Lipinski definition) is 2. The van der Waals surface area contributed by atoms with Gasteiger partial charge in [-0.25, -0.2) is 4.79 Å². The van der Waals surface area contributed by atoms with Gasteiger partial charge in [0.05, 0.1) is 0 Å². The third-order valence-electron chi connectivity index (χ3n) is 2.68. The third-order valence-corrected chi connectivity index (χ3v) is 2.68. The molecular formula is C12H16N4O3. The molecule has 1 heterocycles. The number of nitriles is 1. The fourth-order valence-corrected chi connectivity index (χ4v) is 1.83. The Kier molecular flexibility index (Phi) is 3.95. The number of likely N-dealkylation sites (N-methyl/N-ethyl adjacent to an activating group) is 1. The molecule has 1 amide bonds. The number of amides is 1. The molecule has 102 valence electrons. The van der Waals surface area contributed by atoms with E-state index in [1.807, 2.05) is 4.98 Å². The summed E-state index contributed by atoms with van der Waals surface area (Å²) in [5, 5.41) is 11.3. The van der Waals surface area contributed by atoms with E-state index < -0.39 is 22.7 Å². The molecule has 0 saturated carbocycles. The highest BCUT2D eigenvalue weighted by Crippen LogP contribution is 2.29. The van der Waals surface area contributed by atoms with Crippen LogP contribution in [-0.2, 0) is 4.79 Å². The average Bonchev–Trinajstić information content (AvgIpc) is 2.30. The quantitative estimate of drug-likeness (QED) is 0.767. The highest BCUT2D eigenvalue weighted by Gasteiger charge is 2.33. The van der Waals surface area contributed by atoms with Crippen molar-refractivity contribution in [3.63, 3.8) is 0 Å². The molecule has 0 aromatic carbocycles. The lowest BCUT2D eigenvalue weighted by Gasteiger charge is -2.30. The summed E-state index contributed by atoms with van der Waals surface area (Å²) in [6.07, 6.45) is 1.12. The van der Waals surface area contributed by atoms with Crippen molar-refractivity contribution in [1.29, 1.82) is 5.26 Å². The van der Waals surface area contributed by atoms with E-state index in [0.717, 1.165) is 10.8 Å². The lowest BCUT2D eigenvalue weighted by molar-refractivity contribution is -0.126. The van der Waals surface area contributed by atoms with Gasteiger partial charge in [0.1, 0.15) is 17.7 Å². The van der Waals surface area contributed by atoms with E-state index in [9.17, 15) is 14.4 Å². The minimum Gasteiger partial charge on any atom is -0.357 e. The average molecular weight is 264 g/mol. The Morgan fingerprint density at radius 1 is 1.47 bits per heavy atom. The van der Waals surface area contributed by atoms with Gasteiger partial charge in [-0.2, -0.15) is 5.26 Å². The first kappa shape index (κ1) is 14.7. The van der Waals surface area contributed by atoms with Crippen molar-refractivity contribution in [2.24, 2.45) is 5.41 Å². The molecule has 1 atom stereocenters. The van der Waals surface area contributed by atoms with Crippen LogP contribution in [0.15, 0.2) is 15.8 Å². The van der Waals surface area contributed by atoms with Gasteiger partial charge in [-0.05, 0) is 5.41 Å². The maximum Gasteiger partial charge on any atom is 0.329 e. The number of carbonyl (C=O) groups excluding carboxylic acids is 1. The molecule has 0 fully saturated rings. The lowest BCUT2D eigenvalue weighted by atomic mass is 9.86. The van der Waals surface area contributed by atoms with Crippen molar-refractivity contribution in [2.45, 2.75) is 26.8 Å². The summed E-state index contributed by atoms with van der Waals surface area (Å²) in [5.74, 6) is -0.370. The van der Waals surface area contributed by atoms with Gasteiger partial charge < -0.3 is 5.32 Å². The molecule has 0 bridgehead atoms. The predicted octanol–water partition coefficient (Wildman–Crippen LogP) is -0.259. The normalized spacial score (nSPS) is 12.6. The molecule has 0 saturated heterocycles. The zero-order valence-electron chi connectivity index (χ0n) is 11.3. The zero-order chi connectivity index (χ0) is 14.8. The molecule has 0 radical (unpaired) electrons. The first-order chi connectivity index (χ1) is 8.72. The van der Waals surface area contributed by atoms with E-state index in [0.29, 0.717) is 0 Å². The first-order valence-electron chi connectivity index (χ1n) is 5.69. The van der Waals surface area contributed by atoms with Gasteiger partial charge in [-0.3, -0.25) is 19.1 Å². The van der Waals surface area contributed by atoms with Crippen LogP contribution in [0.4, 0.5) is 0 Å². The molecule has 1 aromatic heterocycles. The number of rotatable bonds is 2. The summed E-state index contributed by atoms with van der Waals surface area (Å²) in [6.45, 7) is 5.36. The first-order valence-corrected chi connectivity index (χ1v) is 5.69. The number of H-pyrrole nitrogens is 1. The summed E-state index contributed by atoms with van der Waals surface area (Å²) in [7, 11) is 1.46. The third kappa shape index (κ3) is 2.91. The summed E-state index contributed by atoms with van der Waals surface area (Å²) in [5.41, 5.74) is -2.24. The summed E-state index contributed by atoms with van der Waals surface area (Å²) in [4.78, 5) is 37.2. The lowest BCUT2D eigenvalue weighted by Crippen LogP contribution is -2.44. The van der Waals surface area contributed by atoms with E-state index in [2.05, 4.69) is 5.32 Å². The second kappa shape index (κ2) is 5.10. The molecule has 0 unspecified atom stereocenters. The smallest absolute Gasteiger partial charge is 0.329 e. The van der Waals surface area contributed by atoms with E-state index in [1.54, 1.807) is 26.8 Å². The van der Waals surface area contributed by atoms with Crippen molar-refractivity contribution in [3.8, 4) is 6.07 Å². The van der Waals surface area contributed by atoms with Gasteiger partial charge in [-0.1, -0.05) is 20.8 Å². The number of nitrogens with zero attached hydrogens (tertiary/aromatic N) is 2. The molecule has 0 spiro atoms. The van der Waals surface area contributed by atoms with Gasteiger partial charge in [0.15, 0.2) is 0 Å². The molecular weight excluding hydrogens is 248 g/mol. The summed E-state index contributed by atoms with van der Waals surface area (Å²) >= 11 is 0. The number of aromatic nitrogens is 2. The molecule has 0 aliphatic heterocycles. The Hall–Kier alpha value is -2.36. The summed E-state index contributed by atoms with van der Waals surface area (Å²) < 4.78 is 1.08. The molecule has 1 aromatic rings. The van der Waals surface area contributed by atoms with Crippen LogP contribution >= 0.6 is 0 Å². The van der Waals surface area contributed by atoms with Gasteiger partial charge in [0.2, 0.25) is 5.91 Å². The SMILES string of the molecule is CNC(=O)[C@@H](n1cc(C#N)c(=O)[nH]c1=O)C(C)(C)C. The van der Waals surface area contributed by atoms with Crippen molar-refractivity contribution < 1.29 is 4.79 Å². The predicted molar refractivity (Wildman–Crippen MR) is 68.6 cm³/mol. The molecule has 19 heavy (non-hydrogen) atoms. The number of aromatic amines is 1. The Labute approximate surface area is 109 Å². The van der Waals surface area contributed by atoms with Crippen LogP contribution in [0.25, 0.3) is 0 Å². The maximum absolute atomic E-state index is 12.0. The Balaban J connectivity index is 3.57. The van der Waals surface area contributed by atoms with Crippen LogP contribution < -0.4 is 16.6 Å². The number of nitrogens with one attached hydrogen (secondary N) is 2. The molecule has 1 rings (SSSR count). The number of carbonyl (C=O) groups is 1. The number of hydrogen-bond acceptors (Lipinski definition) is 4. The molecule has 7 heteroatoms. The van der Waals surface area contributed by atoms with Crippen molar-refractivity contribution >= 4 is 5.91 Å². The van der Waals surface area contributed by atoms with Crippen LogP contribution in [0.2, 0.25) is 0 Å². The van der Waals surface area contributed by atoms with Crippen LogP contribution in [-0.4, -0.2) is 22.5 Å². The van der Waals surface area contributed by atoms with Crippen molar-refractivity contribution in [3.05, 3.63) is 32.6 Å². The maximum atomic E-state index is 12.0. The monoisotopic (exact) mass is 264 g/mol. The van der Waals surface area contributed by atoms with Crippen molar-refractivity contribution in [2.75, 3.05) is 7.05 Å². The topological polar surface area (TPSA) is 108 Å². The minimum atomic E-state index is -0.825. The highest BCUT2D eigenvalue weighted by molar-refractivity contribution is 5.80. The van der Waals surface area contributed by atoms with E-state index in [1.165, 1.54) is 7.05 Å². The van der Waals surface area contributed by atoms with Crippen LogP contribution in [0.1, 0.15) is 32.4 Å². The van der Waals surface area contributed by atoms with Gasteiger partial charge in [0, 0.05) is 13.2 Å². The van der Waals surface area contributed by atoms with Gasteiger partial charge >= 0.3 is 5.69 Å². The minimum absolute atomic E-state index is 0.210. The van der Waals surface area contributed by atoms with Gasteiger partial charge in [-0.15, -0.1) is 0 Å². The largest absolute Gasteiger partial charge is 0.357 e. The van der Waals surface area contributed by atoms with Crippen LogP contribution in [0.3, 0.4) is 0 Å². The van der Waals surface area contributed by atoms with E-state index in [-0.39, 0.29) is 11.5 Å². The van der Waals surface area contributed by atoms with Crippen molar-refractivity contribution in [1.82, 2.24) is 14.9 Å². The Bertz CT molecular complexity index is 643. The molecule has 2 N–H and O–H groups in total. The summed E-state index contributed by atoms with van der Waals surface area (Å²) in [6, 6.07) is 0.866. The fraction of sp³-hybridized carbons (Fsp3) is 0.500. The second-order valence-electron chi connectivity index (χ2n) is 5.20. The highest BCUT2D eigenvalue weighted by atomic mass is 16.2. The molecule has 0 aliphatic carbocycles. The fourth-order valence-electron chi connectivity index (χ4n) is 1.83. The Morgan fingerprint density at radius 2 is 2.05 bits per heavy atom. The molecule has 7 nitrogen and oxygen atoms in total. The van der Waals surface area contributed by atoms with Crippen LogP contribution in [0, 0.1) is 16.7 Å². The van der Waals surface area contributed by atoms with E-state index in [4.69, 9.17) is 5.26 Å². The van der Waals surface area contributed by atoms with E-state index >= 15 is 0 Å². The van der Waals surface area contributed by atoms with Crippen LogP contribution in [0.5, 0.6) is 0 Å². The molecule has 0 aliphatic rings. The zero-order valence-corrected chi connectivity index (χ0v) is 11.3. The van der Waals surface area contributed by atoms with Gasteiger partial charge in [0.25, 0.3) is 5.56 Å². The Morgan fingerprint density at radius 3 is 2.47 bits per heavy atom. The standard InChI is InChI=1S/C12H16N4O3/c1-12(2,3)8(10(18)14-4)16-6-7(5-13)9(17)15-11(16)19/h6,8H,1-4H3,(H,14,18)(H,15,17,19)/t8-/m1/s1. The second-order valence-corrected chi connectivity index (χ2v) is 5.20.